The second kappa shape index (κ2) is 6.09. The van der Waals surface area contributed by atoms with Gasteiger partial charge in [-0.3, -0.25) is 0 Å². The lowest BCUT2D eigenvalue weighted by Gasteiger charge is -2.53. The van der Waals surface area contributed by atoms with Crippen LogP contribution in [0.1, 0.15) is 67.2 Å². The number of nitriles is 1. The molecule has 0 spiro atoms. The van der Waals surface area contributed by atoms with Crippen molar-refractivity contribution in [3.05, 3.63) is 64.7 Å². The maximum Gasteiger partial charge on any atom is 0.133 e. The molecule has 3 unspecified atom stereocenters. The molecule has 3 aliphatic carbocycles. The van der Waals surface area contributed by atoms with E-state index in [1.165, 1.54) is 11.1 Å². The molecule has 5 atom stereocenters. The number of rotatable bonds is 1. The smallest absolute Gasteiger partial charge is 0.133 e. The minimum Gasteiger partial charge on any atom is -0.507 e. The van der Waals surface area contributed by atoms with E-state index in [1.54, 1.807) is 0 Å². The predicted octanol–water partition coefficient (Wildman–Crippen LogP) is 5.01. The Hall–Kier alpha value is -2.31. The number of hydrogen-bond donors (Lipinski definition) is 2. The summed E-state index contributed by atoms with van der Waals surface area (Å²) >= 11 is 0. The van der Waals surface area contributed by atoms with Gasteiger partial charge in [0.05, 0.1) is 11.2 Å². The minimum atomic E-state index is -0.753. The van der Waals surface area contributed by atoms with Gasteiger partial charge in [0, 0.05) is 5.41 Å². The highest BCUT2D eigenvalue weighted by atomic mass is 16.3. The van der Waals surface area contributed by atoms with E-state index in [0.29, 0.717) is 23.3 Å². The number of phenols is 1. The molecule has 144 valence electrons. The molecule has 3 aliphatic rings. The Morgan fingerprint density at radius 3 is 2.61 bits per heavy atom. The van der Waals surface area contributed by atoms with Crippen molar-refractivity contribution in [2.24, 2.45) is 17.3 Å². The molecule has 2 fully saturated rings. The van der Waals surface area contributed by atoms with E-state index in [9.17, 15) is 15.5 Å². The molecular formula is C25H27NO2. The summed E-state index contributed by atoms with van der Waals surface area (Å²) in [6.45, 7) is 2.31. The van der Waals surface area contributed by atoms with Crippen molar-refractivity contribution < 1.29 is 10.2 Å². The summed E-state index contributed by atoms with van der Waals surface area (Å²) in [4.78, 5) is 0. The summed E-state index contributed by atoms with van der Waals surface area (Å²) in [6, 6.07) is 16.1. The standard InChI is InChI=1S/C25H27NO2/c1-24-11-9-19-20(8-7-16-14-23(27)17(15-26)13-21(16)19)22(24)10-12-25(24,28)18-5-3-2-4-6-18/h2-6,13-14,19-20,22,27-28H,7-12H2,1H3/t19?,20?,22?,24-,25+/m0/s1. The van der Waals surface area contributed by atoms with E-state index in [0.717, 1.165) is 44.1 Å². The molecule has 0 saturated heterocycles. The Morgan fingerprint density at radius 2 is 1.86 bits per heavy atom. The molecule has 2 aromatic rings. The highest BCUT2D eigenvalue weighted by molar-refractivity contribution is 5.50. The molecule has 0 aromatic heterocycles. The SMILES string of the molecule is C[C@]12CCC3c4cc(C#N)c(O)cc4CCC3C1CC[C@@]2(O)c1ccccc1. The van der Waals surface area contributed by atoms with Crippen molar-refractivity contribution in [2.75, 3.05) is 0 Å². The van der Waals surface area contributed by atoms with Gasteiger partial charge in [0.15, 0.2) is 0 Å². The molecule has 0 bridgehead atoms. The maximum absolute atomic E-state index is 11.8. The molecule has 0 aliphatic heterocycles. The quantitative estimate of drug-likeness (QED) is 0.739. The van der Waals surface area contributed by atoms with Crippen LogP contribution in [0.2, 0.25) is 0 Å². The number of hydrogen-bond acceptors (Lipinski definition) is 3. The highest BCUT2D eigenvalue weighted by Gasteiger charge is 2.62. The molecule has 5 rings (SSSR count). The molecular weight excluding hydrogens is 346 g/mol. The molecule has 28 heavy (non-hydrogen) atoms. The first kappa shape index (κ1) is 17.8. The van der Waals surface area contributed by atoms with Crippen molar-refractivity contribution in [1.82, 2.24) is 0 Å². The number of fused-ring (bicyclic) bond motifs is 5. The lowest BCUT2D eigenvalue weighted by molar-refractivity contribution is -0.108. The first-order valence-electron chi connectivity index (χ1n) is 10.5. The van der Waals surface area contributed by atoms with Gasteiger partial charge in [0.25, 0.3) is 0 Å². The number of phenolic OH excluding ortho intramolecular Hbond substituents is 1. The molecule has 2 N–H and O–H groups in total. The molecule has 2 saturated carbocycles. The van der Waals surface area contributed by atoms with Gasteiger partial charge >= 0.3 is 0 Å². The van der Waals surface area contributed by atoms with Crippen molar-refractivity contribution in [2.45, 2.75) is 57.0 Å². The molecule has 2 aromatic carbocycles. The summed E-state index contributed by atoms with van der Waals surface area (Å²) in [5, 5.41) is 31.3. The Balaban J connectivity index is 1.53. The van der Waals surface area contributed by atoms with Crippen LogP contribution in [0.4, 0.5) is 0 Å². The average molecular weight is 373 g/mol. The van der Waals surface area contributed by atoms with Crippen molar-refractivity contribution in [3.63, 3.8) is 0 Å². The van der Waals surface area contributed by atoms with Gasteiger partial charge in [0.2, 0.25) is 0 Å². The van der Waals surface area contributed by atoms with Crippen LogP contribution >= 0.6 is 0 Å². The van der Waals surface area contributed by atoms with Crippen LogP contribution in [0.15, 0.2) is 42.5 Å². The van der Waals surface area contributed by atoms with Crippen LogP contribution in [0, 0.1) is 28.6 Å². The van der Waals surface area contributed by atoms with Gasteiger partial charge in [-0.1, -0.05) is 37.3 Å². The van der Waals surface area contributed by atoms with E-state index < -0.39 is 5.60 Å². The van der Waals surface area contributed by atoms with Crippen LogP contribution < -0.4 is 0 Å². The lowest BCUT2D eigenvalue weighted by Crippen LogP contribution is -2.49. The summed E-state index contributed by atoms with van der Waals surface area (Å²) in [6.07, 6.45) is 5.97. The third-order valence-corrected chi connectivity index (χ3v) is 8.36. The zero-order valence-electron chi connectivity index (χ0n) is 16.4. The van der Waals surface area contributed by atoms with E-state index in [1.807, 2.05) is 30.3 Å². The van der Waals surface area contributed by atoms with E-state index in [-0.39, 0.29) is 11.2 Å². The minimum absolute atomic E-state index is 0.109. The van der Waals surface area contributed by atoms with Gasteiger partial charge in [-0.2, -0.15) is 5.26 Å². The lowest BCUT2D eigenvalue weighted by atomic mass is 9.52. The summed E-state index contributed by atoms with van der Waals surface area (Å²) in [7, 11) is 0. The zero-order valence-corrected chi connectivity index (χ0v) is 16.4. The van der Waals surface area contributed by atoms with E-state index in [4.69, 9.17) is 0 Å². The van der Waals surface area contributed by atoms with Crippen LogP contribution in [0.3, 0.4) is 0 Å². The van der Waals surface area contributed by atoms with Crippen LogP contribution in [0.25, 0.3) is 0 Å². The summed E-state index contributed by atoms with van der Waals surface area (Å²) < 4.78 is 0. The van der Waals surface area contributed by atoms with Gasteiger partial charge in [0.1, 0.15) is 11.8 Å². The Morgan fingerprint density at radius 1 is 1.07 bits per heavy atom. The largest absolute Gasteiger partial charge is 0.507 e. The molecule has 0 radical (unpaired) electrons. The maximum atomic E-state index is 11.8. The van der Waals surface area contributed by atoms with Gasteiger partial charge in [-0.05, 0) is 85.1 Å². The van der Waals surface area contributed by atoms with E-state index >= 15 is 0 Å². The summed E-state index contributed by atoms with van der Waals surface area (Å²) in [5.74, 6) is 1.58. The second-order valence-corrected chi connectivity index (χ2v) is 9.32. The predicted molar refractivity (Wildman–Crippen MR) is 108 cm³/mol. The zero-order chi connectivity index (χ0) is 19.5. The van der Waals surface area contributed by atoms with Crippen molar-refractivity contribution in [3.8, 4) is 11.8 Å². The normalized spacial score (nSPS) is 36.1. The molecule has 0 heterocycles. The third kappa shape index (κ3) is 2.25. The third-order valence-electron chi connectivity index (χ3n) is 8.36. The van der Waals surface area contributed by atoms with Gasteiger partial charge < -0.3 is 10.2 Å². The average Bonchev–Trinajstić information content (AvgIpc) is 3.00. The van der Waals surface area contributed by atoms with Crippen LogP contribution in [-0.4, -0.2) is 10.2 Å². The fourth-order valence-electron chi connectivity index (χ4n) is 6.90. The fraction of sp³-hybridized carbons (Fsp3) is 0.480. The molecule has 3 heteroatoms. The second-order valence-electron chi connectivity index (χ2n) is 9.32. The molecule has 3 nitrogen and oxygen atoms in total. The molecule has 0 amide bonds. The van der Waals surface area contributed by atoms with Crippen LogP contribution in [-0.2, 0) is 12.0 Å². The highest BCUT2D eigenvalue weighted by Crippen LogP contribution is 2.67. The van der Waals surface area contributed by atoms with Crippen molar-refractivity contribution >= 4 is 0 Å². The number of aromatic hydroxyl groups is 1. The number of benzene rings is 2. The van der Waals surface area contributed by atoms with Crippen LogP contribution in [0.5, 0.6) is 5.75 Å². The van der Waals surface area contributed by atoms with Crippen molar-refractivity contribution in [1.29, 1.82) is 5.26 Å². The topological polar surface area (TPSA) is 64.2 Å². The van der Waals surface area contributed by atoms with E-state index in [2.05, 4.69) is 25.1 Å². The fourth-order valence-corrected chi connectivity index (χ4v) is 6.90. The van der Waals surface area contributed by atoms with Gasteiger partial charge in [-0.15, -0.1) is 0 Å². The first-order chi connectivity index (χ1) is 13.5. The monoisotopic (exact) mass is 373 g/mol. The Labute approximate surface area is 166 Å². The number of nitrogens with zero attached hydrogens (tertiary/aromatic N) is 1. The number of aliphatic hydroxyl groups is 1. The van der Waals surface area contributed by atoms with Gasteiger partial charge in [-0.25, -0.2) is 0 Å². The Bertz CT molecular complexity index is 963. The Kier molecular flexibility index (Phi) is 3.87. The number of aryl methyl sites for hydroxylation is 1. The first-order valence-corrected chi connectivity index (χ1v) is 10.5. The summed E-state index contributed by atoms with van der Waals surface area (Å²) in [5.41, 5.74) is 3.06.